The summed E-state index contributed by atoms with van der Waals surface area (Å²) in [5, 5.41) is 0. The van der Waals surface area contributed by atoms with Crippen molar-refractivity contribution in [3.63, 3.8) is 0 Å². The van der Waals surface area contributed by atoms with Crippen LogP contribution in [0.1, 0.15) is 12.7 Å². The molecule has 0 fully saturated rings. The number of hydrogen-bond donors (Lipinski definition) is 2. The lowest BCUT2D eigenvalue weighted by Gasteiger charge is -2.16. The summed E-state index contributed by atoms with van der Waals surface area (Å²) >= 11 is 3.36. The van der Waals surface area contributed by atoms with Crippen LogP contribution in [-0.2, 0) is 6.54 Å². The minimum atomic E-state index is -0.134. The second kappa shape index (κ2) is 7.67. The van der Waals surface area contributed by atoms with E-state index in [0.717, 1.165) is 32.8 Å². The Balaban J connectivity index is 1.66. The molecule has 0 saturated heterocycles. The molecular formula is C20H20BrN7O. The molecule has 0 aliphatic rings. The third-order valence-electron chi connectivity index (χ3n) is 4.39. The largest absolute Gasteiger partial charge is 0.473 e. The number of nitrogens with two attached hydrogens (primary N) is 2. The van der Waals surface area contributed by atoms with E-state index in [0.29, 0.717) is 24.1 Å². The van der Waals surface area contributed by atoms with E-state index in [1.165, 1.54) is 0 Å². The van der Waals surface area contributed by atoms with E-state index in [1.54, 1.807) is 12.1 Å². The van der Waals surface area contributed by atoms with Crippen molar-refractivity contribution in [1.82, 2.24) is 24.5 Å². The molecule has 0 bridgehead atoms. The third-order valence-corrected chi connectivity index (χ3v) is 4.84. The topological polar surface area (TPSA) is 118 Å². The van der Waals surface area contributed by atoms with E-state index in [-0.39, 0.29) is 6.10 Å². The zero-order valence-electron chi connectivity index (χ0n) is 16.0. The quantitative estimate of drug-likeness (QED) is 0.443. The van der Waals surface area contributed by atoms with E-state index in [4.69, 9.17) is 21.2 Å². The molecule has 0 radical (unpaired) electrons. The monoisotopic (exact) mass is 453 g/mol. The molecule has 9 heteroatoms. The highest BCUT2D eigenvalue weighted by molar-refractivity contribution is 9.10. The maximum atomic E-state index is 5.96. The lowest BCUT2D eigenvalue weighted by atomic mass is 10.1. The van der Waals surface area contributed by atoms with Crippen LogP contribution in [0, 0.1) is 6.92 Å². The first-order valence-corrected chi connectivity index (χ1v) is 9.85. The SMILES string of the molecule is Cc1nc2ccc(-c3cc(N)nc(N)c3)nc2n1CC(C)Oc1cccc(Br)n1. The summed E-state index contributed by atoms with van der Waals surface area (Å²) in [5.41, 5.74) is 14.8. The summed E-state index contributed by atoms with van der Waals surface area (Å²) in [5.74, 6) is 2.13. The van der Waals surface area contributed by atoms with Crippen LogP contribution in [0.5, 0.6) is 5.88 Å². The van der Waals surface area contributed by atoms with Crippen molar-refractivity contribution >= 4 is 38.7 Å². The summed E-state index contributed by atoms with van der Waals surface area (Å²) in [7, 11) is 0. The van der Waals surface area contributed by atoms with E-state index in [1.807, 2.05) is 48.7 Å². The Morgan fingerprint density at radius 1 is 1.03 bits per heavy atom. The minimum Gasteiger partial charge on any atom is -0.473 e. The highest BCUT2D eigenvalue weighted by Crippen LogP contribution is 2.24. The molecule has 4 N–H and O–H groups in total. The van der Waals surface area contributed by atoms with Crippen LogP contribution < -0.4 is 16.2 Å². The molecule has 4 rings (SSSR count). The number of halogens is 1. The summed E-state index contributed by atoms with van der Waals surface area (Å²) in [6.07, 6.45) is -0.134. The fraction of sp³-hybridized carbons (Fsp3) is 0.200. The zero-order valence-corrected chi connectivity index (χ0v) is 17.6. The van der Waals surface area contributed by atoms with Crippen LogP contribution in [0.25, 0.3) is 22.4 Å². The Labute approximate surface area is 176 Å². The van der Waals surface area contributed by atoms with Gasteiger partial charge < -0.3 is 20.8 Å². The van der Waals surface area contributed by atoms with Gasteiger partial charge in [-0.25, -0.2) is 19.9 Å². The molecule has 148 valence electrons. The molecule has 4 aromatic heterocycles. The van der Waals surface area contributed by atoms with Crippen molar-refractivity contribution in [3.05, 3.63) is 52.9 Å². The van der Waals surface area contributed by atoms with E-state index in [2.05, 4.69) is 30.9 Å². The molecule has 29 heavy (non-hydrogen) atoms. The number of anilines is 2. The smallest absolute Gasteiger partial charge is 0.214 e. The highest BCUT2D eigenvalue weighted by atomic mass is 79.9. The predicted molar refractivity (Wildman–Crippen MR) is 116 cm³/mol. The van der Waals surface area contributed by atoms with Crippen LogP contribution in [0.3, 0.4) is 0 Å². The highest BCUT2D eigenvalue weighted by Gasteiger charge is 2.15. The van der Waals surface area contributed by atoms with Gasteiger partial charge in [0.25, 0.3) is 0 Å². The first kappa shape index (κ1) is 19.1. The number of nitrogens with zero attached hydrogens (tertiary/aromatic N) is 5. The van der Waals surface area contributed by atoms with Gasteiger partial charge in [0.1, 0.15) is 33.7 Å². The van der Waals surface area contributed by atoms with Gasteiger partial charge in [0.05, 0.1) is 12.2 Å². The van der Waals surface area contributed by atoms with Crippen molar-refractivity contribution < 1.29 is 4.74 Å². The van der Waals surface area contributed by atoms with Gasteiger partial charge in [0.15, 0.2) is 5.65 Å². The number of nitrogen functional groups attached to an aromatic ring is 2. The van der Waals surface area contributed by atoms with E-state index >= 15 is 0 Å². The third kappa shape index (κ3) is 4.14. The van der Waals surface area contributed by atoms with Gasteiger partial charge in [0, 0.05) is 11.6 Å². The Morgan fingerprint density at radius 2 is 1.79 bits per heavy atom. The normalized spacial score (nSPS) is 12.2. The Morgan fingerprint density at radius 3 is 2.52 bits per heavy atom. The molecule has 8 nitrogen and oxygen atoms in total. The van der Waals surface area contributed by atoms with Crippen LogP contribution in [0.15, 0.2) is 47.1 Å². The molecule has 0 spiro atoms. The number of imidazole rings is 1. The molecule has 1 unspecified atom stereocenters. The Hall–Kier alpha value is -3.20. The average Bonchev–Trinajstić information content (AvgIpc) is 2.95. The number of pyridine rings is 3. The maximum Gasteiger partial charge on any atom is 0.214 e. The number of hydrogen-bond acceptors (Lipinski definition) is 7. The maximum absolute atomic E-state index is 5.96. The number of rotatable bonds is 5. The summed E-state index contributed by atoms with van der Waals surface area (Å²) in [6, 6.07) is 12.9. The zero-order chi connectivity index (χ0) is 20.5. The lowest BCUT2D eigenvalue weighted by Crippen LogP contribution is -2.21. The molecule has 4 aromatic rings. The molecular weight excluding hydrogens is 434 g/mol. The van der Waals surface area contributed by atoms with Crippen LogP contribution in [-0.4, -0.2) is 30.6 Å². The number of aryl methyl sites for hydroxylation is 1. The average molecular weight is 454 g/mol. The molecule has 1 atom stereocenters. The van der Waals surface area contributed by atoms with Gasteiger partial charge >= 0.3 is 0 Å². The molecule has 0 aliphatic carbocycles. The molecule has 4 heterocycles. The van der Waals surface area contributed by atoms with Crippen molar-refractivity contribution in [2.45, 2.75) is 26.5 Å². The number of fused-ring (bicyclic) bond motifs is 1. The number of ether oxygens (including phenoxy) is 1. The summed E-state index contributed by atoms with van der Waals surface area (Å²) in [6.45, 7) is 4.52. The van der Waals surface area contributed by atoms with Gasteiger partial charge in [0.2, 0.25) is 5.88 Å². The fourth-order valence-corrected chi connectivity index (χ4v) is 3.50. The molecule has 0 amide bonds. The number of aromatic nitrogens is 5. The van der Waals surface area contributed by atoms with Crippen molar-refractivity contribution in [2.24, 2.45) is 0 Å². The van der Waals surface area contributed by atoms with Crippen molar-refractivity contribution in [3.8, 4) is 17.1 Å². The predicted octanol–water partition coefficient (Wildman–Crippen LogP) is 3.59. The molecule has 0 aliphatic heterocycles. The van der Waals surface area contributed by atoms with Crippen LogP contribution >= 0.6 is 15.9 Å². The second-order valence-corrected chi connectivity index (χ2v) is 7.55. The second-order valence-electron chi connectivity index (χ2n) is 6.74. The van der Waals surface area contributed by atoms with E-state index in [9.17, 15) is 0 Å². The van der Waals surface area contributed by atoms with E-state index < -0.39 is 0 Å². The van der Waals surface area contributed by atoms with Crippen LogP contribution in [0.2, 0.25) is 0 Å². The van der Waals surface area contributed by atoms with Gasteiger partial charge in [-0.15, -0.1) is 0 Å². The van der Waals surface area contributed by atoms with Gasteiger partial charge in [-0.1, -0.05) is 6.07 Å². The van der Waals surface area contributed by atoms with Crippen LogP contribution in [0.4, 0.5) is 11.6 Å². The fourth-order valence-electron chi connectivity index (χ4n) is 3.17. The summed E-state index contributed by atoms with van der Waals surface area (Å²) in [4.78, 5) is 17.8. The first-order valence-electron chi connectivity index (χ1n) is 9.05. The van der Waals surface area contributed by atoms with Gasteiger partial charge in [-0.05, 0) is 60.1 Å². The molecule has 0 saturated carbocycles. The first-order chi connectivity index (χ1) is 13.9. The lowest BCUT2D eigenvalue weighted by molar-refractivity contribution is 0.191. The van der Waals surface area contributed by atoms with Gasteiger partial charge in [-0.2, -0.15) is 0 Å². The Bertz CT molecular complexity index is 1170. The van der Waals surface area contributed by atoms with Crippen molar-refractivity contribution in [2.75, 3.05) is 11.5 Å². The van der Waals surface area contributed by atoms with Gasteiger partial charge in [-0.3, -0.25) is 0 Å². The standard InChI is InChI=1S/C20H20BrN7O/c1-11(29-19-5-3-4-16(21)26-19)10-28-12(2)24-15-7-6-14(25-20(15)28)13-8-17(22)27-18(23)9-13/h3-9,11H,10H2,1-2H3,(H4,22,23,27). The van der Waals surface area contributed by atoms with Crippen molar-refractivity contribution in [1.29, 1.82) is 0 Å². The Kier molecular flexibility index (Phi) is 5.06. The minimum absolute atomic E-state index is 0.134. The molecule has 0 aromatic carbocycles. The summed E-state index contributed by atoms with van der Waals surface area (Å²) < 4.78 is 8.73.